The quantitative estimate of drug-likeness (QED) is 0.394. The molecule has 1 aromatic heterocycles. The number of benzene rings is 2. The van der Waals surface area contributed by atoms with Crippen LogP contribution in [0.4, 0.5) is 11.5 Å². The van der Waals surface area contributed by atoms with Crippen LogP contribution in [-0.4, -0.2) is 54.4 Å². The number of aryl methyl sites for hydroxylation is 1. The molecule has 192 valence electrons. The second kappa shape index (κ2) is 10.1. The molecule has 1 fully saturated rings. The van der Waals surface area contributed by atoms with E-state index < -0.39 is 0 Å². The minimum atomic E-state index is -0.122. The van der Waals surface area contributed by atoms with E-state index in [1.165, 1.54) is 32.5 Å². The lowest BCUT2D eigenvalue weighted by Crippen LogP contribution is -2.47. The van der Waals surface area contributed by atoms with Gasteiger partial charge in [-0.25, -0.2) is 0 Å². The summed E-state index contributed by atoms with van der Waals surface area (Å²) in [6, 6.07) is 13.3. The molecule has 0 unspecified atom stereocenters. The van der Waals surface area contributed by atoms with Gasteiger partial charge in [0.25, 0.3) is 0 Å². The molecule has 0 bridgehead atoms. The molecular formula is C30H40N4OS. The van der Waals surface area contributed by atoms with E-state index in [-0.39, 0.29) is 11.3 Å². The smallest absolute Gasteiger partial charge is 0.227 e. The van der Waals surface area contributed by atoms with Gasteiger partial charge in [-0.3, -0.25) is 9.69 Å². The fraction of sp³-hybridized carbons (Fsp3) is 0.533. The predicted octanol–water partition coefficient (Wildman–Crippen LogP) is 6.03. The number of amides is 1. The van der Waals surface area contributed by atoms with Crippen LogP contribution in [0, 0.1) is 12.8 Å². The van der Waals surface area contributed by atoms with Gasteiger partial charge in [0.1, 0.15) is 5.82 Å². The van der Waals surface area contributed by atoms with Gasteiger partial charge in [0, 0.05) is 56.5 Å². The van der Waals surface area contributed by atoms with E-state index in [0.29, 0.717) is 12.3 Å². The van der Waals surface area contributed by atoms with Crippen molar-refractivity contribution in [1.29, 1.82) is 0 Å². The van der Waals surface area contributed by atoms with Crippen molar-refractivity contribution >= 4 is 39.0 Å². The van der Waals surface area contributed by atoms with Crippen molar-refractivity contribution in [3.05, 3.63) is 53.1 Å². The average molecular weight is 505 g/mol. The van der Waals surface area contributed by atoms with Crippen molar-refractivity contribution in [3.8, 4) is 0 Å². The zero-order chi connectivity index (χ0) is 25.4. The van der Waals surface area contributed by atoms with Gasteiger partial charge in [-0.1, -0.05) is 52.0 Å². The van der Waals surface area contributed by atoms with E-state index in [0.717, 1.165) is 57.9 Å². The van der Waals surface area contributed by atoms with Gasteiger partial charge < -0.3 is 9.80 Å². The Morgan fingerprint density at radius 3 is 2.56 bits per heavy atom. The van der Waals surface area contributed by atoms with Crippen LogP contribution in [0.25, 0.3) is 10.1 Å². The van der Waals surface area contributed by atoms with Crippen LogP contribution in [0.15, 0.2) is 36.4 Å². The molecule has 3 heterocycles. The third kappa shape index (κ3) is 5.03. The van der Waals surface area contributed by atoms with Crippen molar-refractivity contribution in [2.45, 2.75) is 59.3 Å². The van der Waals surface area contributed by atoms with Crippen LogP contribution in [0.2, 0.25) is 0 Å². The number of anilines is 2. The van der Waals surface area contributed by atoms with Gasteiger partial charge in [0.05, 0.1) is 10.4 Å². The summed E-state index contributed by atoms with van der Waals surface area (Å²) >= 11 is 1.60. The highest BCUT2D eigenvalue weighted by Crippen LogP contribution is 2.43. The number of nitrogens with zero attached hydrogens (tertiary/aromatic N) is 4. The van der Waals surface area contributed by atoms with Crippen LogP contribution >= 0.6 is 11.5 Å². The zero-order valence-corrected chi connectivity index (χ0v) is 23.3. The lowest BCUT2D eigenvalue weighted by atomic mass is 9.75. The second-order valence-corrected chi connectivity index (χ2v) is 12.5. The predicted molar refractivity (Wildman–Crippen MR) is 153 cm³/mol. The van der Waals surface area contributed by atoms with E-state index in [2.05, 4.69) is 85.7 Å². The first-order valence-electron chi connectivity index (χ1n) is 13.5. The lowest BCUT2D eigenvalue weighted by Gasteiger charge is -2.40. The number of piperazine rings is 1. The summed E-state index contributed by atoms with van der Waals surface area (Å²) in [4.78, 5) is 20.2. The van der Waals surface area contributed by atoms with Crippen molar-refractivity contribution in [2.75, 3.05) is 49.1 Å². The first kappa shape index (κ1) is 25.2. The molecule has 6 heteroatoms. The Hall–Kier alpha value is -2.44. The van der Waals surface area contributed by atoms with E-state index in [1.54, 1.807) is 11.5 Å². The third-order valence-corrected chi connectivity index (χ3v) is 8.75. The molecule has 5 rings (SSSR count). The maximum atomic E-state index is 13.1. The first-order valence-corrected chi connectivity index (χ1v) is 14.3. The normalized spacial score (nSPS) is 18.3. The summed E-state index contributed by atoms with van der Waals surface area (Å²) in [5.74, 6) is 2.01. The third-order valence-electron chi connectivity index (χ3n) is 7.93. The Morgan fingerprint density at radius 2 is 1.81 bits per heavy atom. The van der Waals surface area contributed by atoms with E-state index >= 15 is 0 Å². The number of aromatic nitrogens is 1. The summed E-state index contributed by atoms with van der Waals surface area (Å²) in [6.45, 7) is 17.2. The number of hydrogen-bond acceptors (Lipinski definition) is 5. The van der Waals surface area contributed by atoms with Gasteiger partial charge in [0.2, 0.25) is 5.91 Å². The molecule has 0 N–H and O–H groups in total. The van der Waals surface area contributed by atoms with Crippen LogP contribution < -0.4 is 9.80 Å². The molecule has 0 radical (unpaired) electrons. The van der Waals surface area contributed by atoms with Gasteiger partial charge >= 0.3 is 0 Å². The topological polar surface area (TPSA) is 39.7 Å². The van der Waals surface area contributed by atoms with Crippen molar-refractivity contribution in [1.82, 2.24) is 9.27 Å². The maximum Gasteiger partial charge on any atom is 0.227 e. The highest BCUT2D eigenvalue weighted by Gasteiger charge is 2.37. The summed E-state index contributed by atoms with van der Waals surface area (Å²) in [7, 11) is 0. The highest BCUT2D eigenvalue weighted by atomic mass is 32.1. The standard InChI is InChI=1S/C30H40N4OS/c1-21(2)10-13-34-27(35)20-30(4,5)25-19-23(18-22(3)28(25)34)11-12-32-14-16-33(17-15-32)29-24-8-6-7-9-26(24)36-31-29/h6-9,18-19,21H,10-17,20H2,1-5H3. The molecule has 0 atom stereocenters. The van der Waals surface area contributed by atoms with Crippen molar-refractivity contribution in [3.63, 3.8) is 0 Å². The van der Waals surface area contributed by atoms with Crippen molar-refractivity contribution < 1.29 is 4.79 Å². The Balaban J connectivity index is 1.25. The SMILES string of the molecule is Cc1cc(CCN2CCN(c3nsc4ccccc34)CC2)cc2c1N(CCC(C)C)C(=O)CC2(C)C. The summed E-state index contributed by atoms with van der Waals surface area (Å²) in [5, 5.41) is 1.28. The summed E-state index contributed by atoms with van der Waals surface area (Å²) in [5.41, 5.74) is 5.03. The first-order chi connectivity index (χ1) is 17.2. The Morgan fingerprint density at radius 1 is 1.06 bits per heavy atom. The monoisotopic (exact) mass is 504 g/mol. The lowest BCUT2D eigenvalue weighted by molar-refractivity contribution is -0.120. The maximum absolute atomic E-state index is 13.1. The molecule has 2 aliphatic heterocycles. The Bertz CT molecular complexity index is 1240. The summed E-state index contributed by atoms with van der Waals surface area (Å²) < 4.78 is 6.03. The van der Waals surface area contributed by atoms with E-state index in [4.69, 9.17) is 4.37 Å². The molecular weight excluding hydrogens is 464 g/mol. The molecule has 0 spiro atoms. The molecule has 5 nitrogen and oxygen atoms in total. The number of hydrogen-bond donors (Lipinski definition) is 0. The fourth-order valence-corrected chi connectivity index (χ4v) is 6.56. The molecule has 0 aliphatic carbocycles. The van der Waals surface area contributed by atoms with Crippen LogP contribution in [0.1, 0.15) is 57.2 Å². The van der Waals surface area contributed by atoms with Gasteiger partial charge in [-0.05, 0) is 66.0 Å². The Kier molecular flexibility index (Phi) is 7.10. The summed E-state index contributed by atoms with van der Waals surface area (Å²) in [6.07, 6.45) is 2.67. The molecule has 36 heavy (non-hydrogen) atoms. The number of rotatable bonds is 7. The number of carbonyl (C=O) groups is 1. The fourth-order valence-electron chi connectivity index (χ4n) is 5.76. The average Bonchev–Trinajstić information content (AvgIpc) is 3.27. The van der Waals surface area contributed by atoms with Gasteiger partial charge in [-0.2, -0.15) is 4.37 Å². The molecule has 0 saturated carbocycles. The minimum Gasteiger partial charge on any atom is -0.353 e. The Labute approximate surface area is 220 Å². The largest absolute Gasteiger partial charge is 0.353 e. The van der Waals surface area contributed by atoms with Gasteiger partial charge in [-0.15, -0.1) is 0 Å². The highest BCUT2D eigenvalue weighted by molar-refractivity contribution is 7.13. The number of carbonyl (C=O) groups excluding carboxylic acids is 1. The molecule has 1 saturated heterocycles. The second-order valence-electron chi connectivity index (χ2n) is 11.7. The van der Waals surface area contributed by atoms with Crippen LogP contribution in [0.3, 0.4) is 0 Å². The molecule has 1 amide bonds. The van der Waals surface area contributed by atoms with Crippen LogP contribution in [-0.2, 0) is 16.6 Å². The zero-order valence-electron chi connectivity index (χ0n) is 22.5. The van der Waals surface area contributed by atoms with Crippen molar-refractivity contribution in [2.24, 2.45) is 5.92 Å². The van der Waals surface area contributed by atoms with E-state index in [9.17, 15) is 4.79 Å². The van der Waals surface area contributed by atoms with Gasteiger partial charge in [0.15, 0.2) is 0 Å². The van der Waals surface area contributed by atoms with E-state index in [1.807, 2.05) is 0 Å². The minimum absolute atomic E-state index is 0.122. The molecule has 3 aromatic rings. The van der Waals surface area contributed by atoms with Crippen LogP contribution in [0.5, 0.6) is 0 Å². The molecule has 2 aliphatic rings. The molecule has 2 aromatic carbocycles. The number of fused-ring (bicyclic) bond motifs is 2.